The van der Waals surface area contributed by atoms with Crippen LogP contribution in [-0.2, 0) is 4.79 Å². The van der Waals surface area contributed by atoms with Crippen molar-refractivity contribution in [1.82, 2.24) is 4.90 Å². The monoisotopic (exact) mass is 208 g/mol. The molecule has 1 atom stereocenters. The minimum absolute atomic E-state index is 0.0110. The molecule has 4 nitrogen and oxygen atoms in total. The summed E-state index contributed by atoms with van der Waals surface area (Å²) in [6.45, 7) is 1.51. The first-order chi connectivity index (χ1) is 7.22. The highest BCUT2D eigenvalue weighted by atomic mass is 16.3. The SMILES string of the molecule is N#CC1(C(=O)N2CCCC(CO)C2)CC1. The molecule has 2 fully saturated rings. The summed E-state index contributed by atoms with van der Waals surface area (Å²) >= 11 is 0. The molecule has 4 heteroatoms. The minimum Gasteiger partial charge on any atom is -0.396 e. The Balaban J connectivity index is 1.99. The topological polar surface area (TPSA) is 64.3 Å². The molecule has 1 saturated heterocycles. The largest absolute Gasteiger partial charge is 0.396 e. The number of hydrogen-bond acceptors (Lipinski definition) is 3. The van der Waals surface area contributed by atoms with Gasteiger partial charge in [-0.25, -0.2) is 0 Å². The van der Waals surface area contributed by atoms with Gasteiger partial charge in [0.05, 0.1) is 6.07 Å². The minimum atomic E-state index is -0.697. The Hall–Kier alpha value is -1.08. The lowest BCUT2D eigenvalue weighted by molar-refractivity contribution is -0.137. The second kappa shape index (κ2) is 3.82. The van der Waals surface area contributed by atoms with Gasteiger partial charge in [-0.1, -0.05) is 0 Å². The normalized spacial score (nSPS) is 28.3. The van der Waals surface area contributed by atoms with Crippen molar-refractivity contribution in [3.63, 3.8) is 0 Å². The summed E-state index contributed by atoms with van der Waals surface area (Å²) in [5, 5.41) is 18.0. The number of likely N-dealkylation sites (tertiary alicyclic amines) is 1. The molecule has 0 spiro atoms. The van der Waals surface area contributed by atoms with E-state index in [-0.39, 0.29) is 18.4 Å². The number of hydrogen-bond donors (Lipinski definition) is 1. The molecule has 1 unspecified atom stereocenters. The molecule has 0 aromatic rings. The molecule has 0 radical (unpaired) electrons. The van der Waals surface area contributed by atoms with Gasteiger partial charge in [0.2, 0.25) is 5.91 Å². The first-order valence-electron chi connectivity index (χ1n) is 5.53. The molecule has 1 aliphatic heterocycles. The third-order valence-electron chi connectivity index (χ3n) is 3.44. The van der Waals surface area contributed by atoms with Crippen LogP contribution in [-0.4, -0.2) is 35.6 Å². The molecular weight excluding hydrogens is 192 g/mol. The second-order valence-corrected chi connectivity index (χ2v) is 4.64. The van der Waals surface area contributed by atoms with Crippen molar-refractivity contribution < 1.29 is 9.90 Å². The van der Waals surface area contributed by atoms with Crippen molar-refractivity contribution in [3.8, 4) is 6.07 Å². The van der Waals surface area contributed by atoms with Crippen LogP contribution in [0.4, 0.5) is 0 Å². The number of amides is 1. The molecular formula is C11H16N2O2. The van der Waals surface area contributed by atoms with E-state index < -0.39 is 5.41 Å². The Kier molecular flexibility index (Phi) is 2.66. The van der Waals surface area contributed by atoms with Crippen molar-refractivity contribution in [2.45, 2.75) is 25.7 Å². The van der Waals surface area contributed by atoms with Gasteiger partial charge in [-0.05, 0) is 31.6 Å². The molecule has 0 aromatic heterocycles. The standard InChI is InChI=1S/C11H16N2O2/c12-8-11(3-4-11)10(15)13-5-1-2-9(6-13)7-14/h9,14H,1-7H2. The van der Waals surface area contributed by atoms with Gasteiger partial charge in [-0.15, -0.1) is 0 Å². The van der Waals surface area contributed by atoms with Crippen molar-refractivity contribution in [1.29, 1.82) is 5.26 Å². The molecule has 1 aliphatic carbocycles. The lowest BCUT2D eigenvalue weighted by Crippen LogP contribution is -2.44. The van der Waals surface area contributed by atoms with Crippen LogP contribution < -0.4 is 0 Å². The highest BCUT2D eigenvalue weighted by Crippen LogP contribution is 2.46. The lowest BCUT2D eigenvalue weighted by atomic mass is 9.97. The predicted octanol–water partition coefficient (Wildman–Crippen LogP) is 0.521. The second-order valence-electron chi connectivity index (χ2n) is 4.64. The van der Waals surface area contributed by atoms with Crippen molar-refractivity contribution in [2.24, 2.45) is 11.3 Å². The number of aliphatic hydroxyl groups is 1. The quantitative estimate of drug-likeness (QED) is 0.719. The smallest absolute Gasteiger partial charge is 0.243 e. The number of aliphatic hydroxyl groups excluding tert-OH is 1. The molecule has 1 amide bonds. The molecule has 1 saturated carbocycles. The van der Waals surface area contributed by atoms with Gasteiger partial charge in [0.15, 0.2) is 0 Å². The summed E-state index contributed by atoms with van der Waals surface area (Å²) in [6, 6.07) is 2.13. The van der Waals surface area contributed by atoms with Crippen molar-refractivity contribution in [3.05, 3.63) is 0 Å². The van der Waals surface area contributed by atoms with Gasteiger partial charge in [0, 0.05) is 19.7 Å². The Morgan fingerprint density at radius 1 is 1.60 bits per heavy atom. The molecule has 0 aromatic carbocycles. The maximum Gasteiger partial charge on any atom is 0.243 e. The van der Waals surface area contributed by atoms with E-state index in [4.69, 9.17) is 10.4 Å². The summed E-state index contributed by atoms with van der Waals surface area (Å²) in [7, 11) is 0. The van der Waals surface area contributed by atoms with Gasteiger partial charge in [0.25, 0.3) is 0 Å². The third-order valence-corrected chi connectivity index (χ3v) is 3.44. The summed E-state index contributed by atoms with van der Waals surface area (Å²) in [5.74, 6) is 0.195. The fourth-order valence-electron chi connectivity index (χ4n) is 2.20. The number of carbonyl (C=O) groups is 1. The molecule has 82 valence electrons. The van der Waals surface area contributed by atoms with Crippen molar-refractivity contribution >= 4 is 5.91 Å². The third kappa shape index (κ3) is 1.84. The number of carbonyl (C=O) groups excluding carboxylic acids is 1. The zero-order chi connectivity index (χ0) is 10.9. The van der Waals surface area contributed by atoms with E-state index in [1.54, 1.807) is 4.90 Å². The maximum atomic E-state index is 12.0. The van der Waals surface area contributed by atoms with E-state index in [1.165, 1.54) is 0 Å². The highest BCUT2D eigenvalue weighted by molar-refractivity contribution is 5.88. The Morgan fingerprint density at radius 2 is 2.33 bits per heavy atom. The van der Waals surface area contributed by atoms with Gasteiger partial charge < -0.3 is 10.0 Å². The van der Waals surface area contributed by atoms with E-state index in [0.717, 1.165) is 19.4 Å². The van der Waals surface area contributed by atoms with E-state index >= 15 is 0 Å². The summed E-state index contributed by atoms with van der Waals surface area (Å²) in [6.07, 6.45) is 3.35. The molecule has 2 aliphatic rings. The van der Waals surface area contributed by atoms with Crippen LogP contribution in [0.5, 0.6) is 0 Å². The van der Waals surface area contributed by atoms with Crippen LogP contribution in [0.25, 0.3) is 0 Å². The van der Waals surface area contributed by atoms with E-state index in [0.29, 0.717) is 19.4 Å². The summed E-state index contributed by atoms with van der Waals surface area (Å²) < 4.78 is 0. The lowest BCUT2D eigenvalue weighted by Gasteiger charge is -2.33. The Morgan fingerprint density at radius 3 is 2.87 bits per heavy atom. The summed E-state index contributed by atoms with van der Waals surface area (Å²) in [4.78, 5) is 13.8. The Labute approximate surface area is 89.5 Å². The fourth-order valence-corrected chi connectivity index (χ4v) is 2.20. The number of piperidine rings is 1. The van der Waals surface area contributed by atoms with Crippen LogP contribution in [0.1, 0.15) is 25.7 Å². The first-order valence-corrected chi connectivity index (χ1v) is 5.53. The highest BCUT2D eigenvalue weighted by Gasteiger charge is 2.52. The van der Waals surface area contributed by atoms with Gasteiger partial charge in [-0.3, -0.25) is 4.79 Å². The van der Waals surface area contributed by atoms with Crippen molar-refractivity contribution in [2.75, 3.05) is 19.7 Å². The predicted molar refractivity (Wildman–Crippen MR) is 53.7 cm³/mol. The van der Waals surface area contributed by atoms with E-state index in [2.05, 4.69) is 6.07 Å². The molecule has 0 bridgehead atoms. The van der Waals surface area contributed by atoms with Gasteiger partial charge in [-0.2, -0.15) is 5.26 Å². The van der Waals surface area contributed by atoms with Crippen LogP contribution in [0, 0.1) is 22.7 Å². The number of rotatable bonds is 2. The van der Waals surface area contributed by atoms with Crippen LogP contribution in [0.2, 0.25) is 0 Å². The zero-order valence-corrected chi connectivity index (χ0v) is 8.78. The number of nitrogens with zero attached hydrogens (tertiary/aromatic N) is 2. The zero-order valence-electron chi connectivity index (χ0n) is 8.78. The molecule has 15 heavy (non-hydrogen) atoms. The van der Waals surface area contributed by atoms with Gasteiger partial charge >= 0.3 is 0 Å². The molecule has 1 heterocycles. The molecule has 1 N–H and O–H groups in total. The Bertz CT molecular complexity index is 304. The van der Waals surface area contributed by atoms with Crippen LogP contribution in [0.3, 0.4) is 0 Å². The number of nitriles is 1. The first kappa shape index (κ1) is 10.4. The molecule has 2 rings (SSSR count). The summed E-state index contributed by atoms with van der Waals surface area (Å²) in [5.41, 5.74) is -0.697. The van der Waals surface area contributed by atoms with Crippen LogP contribution in [0.15, 0.2) is 0 Å². The van der Waals surface area contributed by atoms with E-state index in [9.17, 15) is 4.79 Å². The van der Waals surface area contributed by atoms with Gasteiger partial charge in [0.1, 0.15) is 5.41 Å². The fraction of sp³-hybridized carbons (Fsp3) is 0.818. The van der Waals surface area contributed by atoms with Crippen LogP contribution >= 0.6 is 0 Å². The average molecular weight is 208 g/mol. The average Bonchev–Trinajstić information content (AvgIpc) is 3.09. The maximum absolute atomic E-state index is 12.0. The van der Waals surface area contributed by atoms with E-state index in [1.807, 2.05) is 0 Å².